The quantitative estimate of drug-likeness (QED) is 0.140. The van der Waals surface area contributed by atoms with Crippen LogP contribution in [0.3, 0.4) is 0 Å². The molecule has 2 aliphatic heterocycles. The number of esters is 3. The molecular weight excluding hydrogens is 688 g/mol. The van der Waals surface area contributed by atoms with Crippen molar-refractivity contribution in [2.45, 2.75) is 102 Å². The fourth-order valence-corrected chi connectivity index (χ4v) is 6.28. The van der Waals surface area contributed by atoms with E-state index in [1.54, 1.807) is 0 Å². The number of carbonyl (C=O) groups excluding carboxylic acids is 3. The molecule has 5 rings (SSSR count). The van der Waals surface area contributed by atoms with Gasteiger partial charge in [-0.25, -0.2) is 0 Å². The Balaban J connectivity index is 1.41. The van der Waals surface area contributed by atoms with Crippen LogP contribution in [0, 0.1) is 0 Å². The Hall–Kier alpha value is -4.21. The molecule has 0 spiro atoms. The highest BCUT2D eigenvalue weighted by atomic mass is 16.7. The van der Waals surface area contributed by atoms with Gasteiger partial charge in [-0.05, 0) is 16.7 Å². The molecule has 0 aliphatic carbocycles. The second-order valence-electron chi connectivity index (χ2n) is 12.8. The normalized spacial score (nSPS) is 27.1. The van der Waals surface area contributed by atoms with Gasteiger partial charge in [0.25, 0.3) is 0 Å². The predicted octanol–water partition coefficient (Wildman–Crippen LogP) is 4.67. The number of benzene rings is 3. The number of ether oxygens (including phenoxy) is 10. The average Bonchev–Trinajstić information content (AvgIpc) is 3.15. The molecule has 13 nitrogen and oxygen atoms in total. The van der Waals surface area contributed by atoms with Crippen LogP contribution >= 0.6 is 0 Å². The smallest absolute Gasteiger partial charge is 0.303 e. The first-order valence-corrected chi connectivity index (χ1v) is 17.6. The minimum absolute atomic E-state index is 0.0147. The van der Waals surface area contributed by atoms with E-state index in [0.717, 1.165) is 16.7 Å². The van der Waals surface area contributed by atoms with E-state index in [4.69, 9.17) is 47.4 Å². The lowest BCUT2D eigenvalue weighted by molar-refractivity contribution is -0.333. The molecule has 2 aliphatic rings. The summed E-state index contributed by atoms with van der Waals surface area (Å²) in [6.45, 7) is 4.15. The van der Waals surface area contributed by atoms with E-state index in [2.05, 4.69) is 0 Å². The Morgan fingerprint density at radius 3 is 1.55 bits per heavy atom. The van der Waals surface area contributed by atoms with Gasteiger partial charge < -0.3 is 47.4 Å². The first kappa shape index (κ1) is 40.0. The van der Waals surface area contributed by atoms with Gasteiger partial charge in [-0.1, -0.05) is 91.0 Å². The topological polar surface area (TPSA) is 144 Å². The Bertz CT molecular complexity index is 1560. The molecule has 0 amide bonds. The Morgan fingerprint density at radius 1 is 0.566 bits per heavy atom. The van der Waals surface area contributed by atoms with E-state index in [-0.39, 0.29) is 39.5 Å². The zero-order valence-electron chi connectivity index (χ0n) is 30.4. The third kappa shape index (κ3) is 12.2. The van der Waals surface area contributed by atoms with Gasteiger partial charge in [0.2, 0.25) is 0 Å². The van der Waals surface area contributed by atoms with Crippen LogP contribution < -0.4 is 0 Å². The van der Waals surface area contributed by atoms with Gasteiger partial charge in [0.15, 0.2) is 18.7 Å². The van der Waals surface area contributed by atoms with E-state index >= 15 is 0 Å². The number of hydrogen-bond donors (Lipinski definition) is 0. The fraction of sp³-hybridized carbons (Fsp3) is 0.475. The molecule has 0 saturated carbocycles. The summed E-state index contributed by atoms with van der Waals surface area (Å²) in [6, 6.07) is 29.3. The monoisotopic (exact) mass is 736 g/mol. The van der Waals surface area contributed by atoms with Gasteiger partial charge in [-0.15, -0.1) is 0 Å². The van der Waals surface area contributed by atoms with Crippen LogP contribution in [0.4, 0.5) is 0 Å². The van der Waals surface area contributed by atoms with Crippen molar-refractivity contribution >= 4 is 17.9 Å². The first-order valence-electron chi connectivity index (χ1n) is 17.6. The van der Waals surface area contributed by atoms with E-state index < -0.39 is 73.2 Å². The zero-order valence-corrected chi connectivity index (χ0v) is 30.4. The highest BCUT2D eigenvalue weighted by molar-refractivity contribution is 5.67. The van der Waals surface area contributed by atoms with Crippen molar-refractivity contribution < 1.29 is 61.8 Å². The molecule has 2 heterocycles. The molecule has 3 aromatic rings. The lowest BCUT2D eigenvalue weighted by atomic mass is 9.97. The maximum absolute atomic E-state index is 12.1. The van der Waals surface area contributed by atoms with E-state index in [9.17, 15) is 14.4 Å². The Kier molecular flexibility index (Phi) is 15.3. The molecule has 9 atom stereocenters. The summed E-state index contributed by atoms with van der Waals surface area (Å²) in [4.78, 5) is 35.8. The van der Waals surface area contributed by atoms with Gasteiger partial charge in [-0.3, -0.25) is 14.4 Å². The lowest BCUT2D eigenvalue weighted by Gasteiger charge is -2.46. The number of methoxy groups -OCH3 is 1. The third-order valence-electron chi connectivity index (χ3n) is 8.68. The van der Waals surface area contributed by atoms with Crippen molar-refractivity contribution in [1.29, 1.82) is 0 Å². The minimum atomic E-state index is -1.04. The van der Waals surface area contributed by atoms with Crippen LogP contribution in [0.25, 0.3) is 0 Å². The van der Waals surface area contributed by atoms with Crippen LogP contribution in [-0.2, 0) is 81.6 Å². The summed E-state index contributed by atoms with van der Waals surface area (Å²) in [6.07, 6.45) is -7.73. The van der Waals surface area contributed by atoms with Crippen LogP contribution in [0.5, 0.6) is 0 Å². The van der Waals surface area contributed by atoms with E-state index in [0.29, 0.717) is 0 Å². The molecule has 0 bridgehead atoms. The molecule has 53 heavy (non-hydrogen) atoms. The molecule has 13 heteroatoms. The second-order valence-corrected chi connectivity index (χ2v) is 12.8. The first-order chi connectivity index (χ1) is 25.7. The third-order valence-corrected chi connectivity index (χ3v) is 8.68. The Morgan fingerprint density at radius 2 is 1.06 bits per heavy atom. The van der Waals surface area contributed by atoms with Gasteiger partial charge in [-0.2, -0.15) is 0 Å². The SMILES string of the molecule is CO[C@H]1OC(CO[C@H]2C[C@@H](OC(C)=O)[C@@H](OC(C)=O)C(COC(C)=O)O2)[C@@H](OCc2ccccc2)C(OCc2ccccc2)C1OCc1ccccc1. The van der Waals surface area contributed by atoms with Crippen molar-refractivity contribution in [2.24, 2.45) is 0 Å². The summed E-state index contributed by atoms with van der Waals surface area (Å²) in [5.41, 5.74) is 2.86. The largest absolute Gasteiger partial charge is 0.463 e. The highest BCUT2D eigenvalue weighted by Crippen LogP contribution is 2.33. The minimum Gasteiger partial charge on any atom is -0.463 e. The van der Waals surface area contributed by atoms with Crippen LogP contribution in [-0.4, -0.2) is 93.5 Å². The van der Waals surface area contributed by atoms with E-state index in [1.165, 1.54) is 27.9 Å². The summed E-state index contributed by atoms with van der Waals surface area (Å²) in [5, 5.41) is 0. The molecule has 2 fully saturated rings. The Labute approximate surface area is 309 Å². The fourth-order valence-electron chi connectivity index (χ4n) is 6.28. The van der Waals surface area contributed by atoms with Crippen molar-refractivity contribution in [3.63, 3.8) is 0 Å². The van der Waals surface area contributed by atoms with Crippen LogP contribution in [0.2, 0.25) is 0 Å². The van der Waals surface area contributed by atoms with Gasteiger partial charge in [0.1, 0.15) is 43.2 Å². The number of carbonyl (C=O) groups is 3. The zero-order chi connectivity index (χ0) is 37.6. The predicted molar refractivity (Wildman–Crippen MR) is 188 cm³/mol. The van der Waals surface area contributed by atoms with Crippen LogP contribution in [0.15, 0.2) is 91.0 Å². The molecular formula is C40H48O13. The summed E-state index contributed by atoms with van der Waals surface area (Å²) in [7, 11) is 1.53. The lowest BCUT2D eigenvalue weighted by Crippen LogP contribution is -2.62. The van der Waals surface area contributed by atoms with E-state index in [1.807, 2.05) is 91.0 Å². The van der Waals surface area contributed by atoms with Gasteiger partial charge >= 0.3 is 17.9 Å². The van der Waals surface area contributed by atoms with Crippen LogP contribution in [0.1, 0.15) is 43.9 Å². The van der Waals surface area contributed by atoms with Crippen molar-refractivity contribution in [3.8, 4) is 0 Å². The van der Waals surface area contributed by atoms with Crippen molar-refractivity contribution in [2.75, 3.05) is 20.3 Å². The highest BCUT2D eigenvalue weighted by Gasteiger charge is 2.50. The summed E-state index contributed by atoms with van der Waals surface area (Å²) >= 11 is 0. The molecule has 0 radical (unpaired) electrons. The molecule has 3 aromatic carbocycles. The average molecular weight is 737 g/mol. The van der Waals surface area contributed by atoms with Gasteiger partial charge in [0, 0.05) is 34.3 Å². The maximum Gasteiger partial charge on any atom is 0.303 e. The second kappa shape index (κ2) is 20.3. The maximum atomic E-state index is 12.1. The number of rotatable bonds is 17. The van der Waals surface area contributed by atoms with Crippen molar-refractivity contribution in [3.05, 3.63) is 108 Å². The summed E-state index contributed by atoms with van der Waals surface area (Å²) < 4.78 is 60.9. The molecule has 286 valence electrons. The molecule has 0 N–H and O–H groups in total. The standard InChI is InChI=1S/C40H48O13/c1-26(41)45-24-33-36(51-28(3)43)32(50-27(2)42)20-35(52-33)46-25-34-37(47-21-29-14-8-5-9-15-29)38(48-22-30-16-10-6-11-17-30)39(40(44-4)53-34)49-23-31-18-12-7-13-19-31/h5-19,32-40H,20-25H2,1-4H3/t32-,33?,34?,35-,36-,37-,38?,39?,40+/m1/s1. The molecule has 4 unspecified atom stereocenters. The number of hydrogen-bond acceptors (Lipinski definition) is 13. The molecule has 2 saturated heterocycles. The van der Waals surface area contributed by atoms with Gasteiger partial charge in [0.05, 0.1) is 26.4 Å². The molecule has 0 aromatic heterocycles. The van der Waals surface area contributed by atoms with Crippen molar-refractivity contribution in [1.82, 2.24) is 0 Å². The summed E-state index contributed by atoms with van der Waals surface area (Å²) in [5.74, 6) is -1.77.